The summed E-state index contributed by atoms with van der Waals surface area (Å²) in [5, 5.41) is 0. The molecule has 2 N–H and O–H groups in total. The fourth-order valence-corrected chi connectivity index (χ4v) is 2.57. The van der Waals surface area contributed by atoms with Crippen LogP contribution in [0.5, 0.6) is 0 Å². The van der Waals surface area contributed by atoms with E-state index in [2.05, 4.69) is 62.4 Å². The Balaban J connectivity index is 1.89. The second-order valence-corrected chi connectivity index (χ2v) is 6.07. The van der Waals surface area contributed by atoms with Crippen LogP contribution < -0.4 is 5.73 Å². The van der Waals surface area contributed by atoms with E-state index in [1.807, 2.05) is 6.07 Å². The Morgan fingerprint density at radius 3 is 1.65 bits per heavy atom. The SMILES string of the molecule is CC(C)Cc1ccc(CC(N)Cc2ccccc2)cc1. The van der Waals surface area contributed by atoms with E-state index in [1.54, 1.807) is 0 Å². The third-order valence-corrected chi connectivity index (χ3v) is 3.51. The maximum absolute atomic E-state index is 6.26. The average molecular weight is 267 g/mol. The molecular weight excluding hydrogens is 242 g/mol. The molecule has 1 unspecified atom stereocenters. The van der Waals surface area contributed by atoms with Crippen molar-refractivity contribution in [3.63, 3.8) is 0 Å². The summed E-state index contributed by atoms with van der Waals surface area (Å²) < 4.78 is 0. The molecule has 1 heteroatoms. The Kier molecular flexibility index (Phi) is 5.37. The summed E-state index contributed by atoms with van der Waals surface area (Å²) in [7, 11) is 0. The molecule has 2 aromatic rings. The maximum atomic E-state index is 6.26. The van der Waals surface area contributed by atoms with Crippen molar-refractivity contribution >= 4 is 0 Å². The van der Waals surface area contributed by atoms with Crippen LogP contribution in [0.1, 0.15) is 30.5 Å². The lowest BCUT2D eigenvalue weighted by atomic mass is 9.97. The fraction of sp³-hybridized carbons (Fsp3) is 0.368. The molecule has 0 spiro atoms. The van der Waals surface area contributed by atoms with E-state index in [-0.39, 0.29) is 6.04 Å². The summed E-state index contributed by atoms with van der Waals surface area (Å²) in [5.74, 6) is 0.709. The third kappa shape index (κ3) is 4.82. The molecule has 0 aromatic heterocycles. The van der Waals surface area contributed by atoms with Crippen molar-refractivity contribution in [2.24, 2.45) is 11.7 Å². The number of nitrogens with two attached hydrogens (primary N) is 1. The van der Waals surface area contributed by atoms with E-state index in [0.717, 1.165) is 19.3 Å². The van der Waals surface area contributed by atoms with Crippen LogP contribution in [0.2, 0.25) is 0 Å². The molecule has 0 aliphatic heterocycles. The van der Waals surface area contributed by atoms with Gasteiger partial charge >= 0.3 is 0 Å². The van der Waals surface area contributed by atoms with E-state index < -0.39 is 0 Å². The summed E-state index contributed by atoms with van der Waals surface area (Å²) >= 11 is 0. The zero-order valence-corrected chi connectivity index (χ0v) is 12.5. The predicted molar refractivity (Wildman–Crippen MR) is 86.8 cm³/mol. The highest BCUT2D eigenvalue weighted by molar-refractivity contribution is 5.24. The molecule has 0 radical (unpaired) electrons. The molecule has 1 nitrogen and oxygen atoms in total. The van der Waals surface area contributed by atoms with Gasteiger partial charge in [0.1, 0.15) is 0 Å². The molecule has 0 bridgehead atoms. The molecule has 106 valence electrons. The first-order valence-electron chi connectivity index (χ1n) is 7.51. The molecule has 0 amide bonds. The molecule has 20 heavy (non-hydrogen) atoms. The highest BCUT2D eigenvalue weighted by Crippen LogP contribution is 2.12. The lowest BCUT2D eigenvalue weighted by molar-refractivity contribution is 0.645. The summed E-state index contributed by atoms with van der Waals surface area (Å²) in [5.41, 5.74) is 10.3. The Morgan fingerprint density at radius 2 is 1.15 bits per heavy atom. The topological polar surface area (TPSA) is 26.0 Å². The van der Waals surface area contributed by atoms with Gasteiger partial charge in [-0.25, -0.2) is 0 Å². The molecule has 0 aliphatic rings. The molecule has 0 fully saturated rings. The molecule has 0 saturated heterocycles. The van der Waals surface area contributed by atoms with Crippen molar-refractivity contribution in [2.75, 3.05) is 0 Å². The average Bonchev–Trinajstić information content (AvgIpc) is 2.41. The minimum atomic E-state index is 0.188. The van der Waals surface area contributed by atoms with Gasteiger partial charge in [0.05, 0.1) is 0 Å². The number of hydrogen-bond donors (Lipinski definition) is 1. The summed E-state index contributed by atoms with van der Waals surface area (Å²) in [6.07, 6.45) is 3.03. The van der Waals surface area contributed by atoms with Crippen LogP contribution in [0.3, 0.4) is 0 Å². The maximum Gasteiger partial charge on any atom is 0.0120 e. The first kappa shape index (κ1) is 14.8. The monoisotopic (exact) mass is 267 g/mol. The molecule has 0 saturated carbocycles. The Bertz CT molecular complexity index is 499. The normalized spacial score (nSPS) is 12.6. The van der Waals surface area contributed by atoms with Gasteiger partial charge in [0.2, 0.25) is 0 Å². The lowest BCUT2D eigenvalue weighted by Gasteiger charge is -2.12. The predicted octanol–water partition coefficient (Wildman–Crippen LogP) is 4.00. The van der Waals surface area contributed by atoms with E-state index >= 15 is 0 Å². The molecule has 1 atom stereocenters. The minimum absolute atomic E-state index is 0.188. The van der Waals surface area contributed by atoms with Gasteiger partial charge < -0.3 is 5.73 Å². The van der Waals surface area contributed by atoms with Gasteiger partial charge in [0.25, 0.3) is 0 Å². The number of hydrogen-bond acceptors (Lipinski definition) is 1. The molecule has 0 aliphatic carbocycles. The van der Waals surface area contributed by atoms with Crippen molar-refractivity contribution in [1.29, 1.82) is 0 Å². The van der Waals surface area contributed by atoms with Crippen LogP contribution >= 0.6 is 0 Å². The first-order valence-corrected chi connectivity index (χ1v) is 7.51. The van der Waals surface area contributed by atoms with Gasteiger partial charge in [-0.3, -0.25) is 0 Å². The van der Waals surface area contributed by atoms with E-state index in [9.17, 15) is 0 Å². The van der Waals surface area contributed by atoms with Crippen molar-refractivity contribution in [3.8, 4) is 0 Å². The van der Waals surface area contributed by atoms with Crippen LogP contribution in [0, 0.1) is 5.92 Å². The number of rotatable bonds is 6. The number of benzene rings is 2. The Labute approximate surface area is 122 Å². The van der Waals surface area contributed by atoms with Gasteiger partial charge in [-0.2, -0.15) is 0 Å². The summed E-state index contributed by atoms with van der Waals surface area (Å²) in [6, 6.07) is 19.6. The Hall–Kier alpha value is -1.60. The third-order valence-electron chi connectivity index (χ3n) is 3.51. The van der Waals surface area contributed by atoms with Gasteiger partial charge in [-0.1, -0.05) is 68.4 Å². The second kappa shape index (κ2) is 7.25. The van der Waals surface area contributed by atoms with Crippen LogP contribution in [-0.4, -0.2) is 6.04 Å². The van der Waals surface area contributed by atoms with Crippen LogP contribution in [0.25, 0.3) is 0 Å². The summed E-state index contributed by atoms with van der Waals surface area (Å²) in [6.45, 7) is 4.51. The first-order chi connectivity index (χ1) is 9.63. The van der Waals surface area contributed by atoms with Crippen LogP contribution in [-0.2, 0) is 19.3 Å². The van der Waals surface area contributed by atoms with Gasteiger partial charge in [0.15, 0.2) is 0 Å². The van der Waals surface area contributed by atoms with Crippen molar-refractivity contribution in [1.82, 2.24) is 0 Å². The quantitative estimate of drug-likeness (QED) is 0.841. The standard InChI is InChI=1S/C19H25N/c1-15(2)12-17-8-10-18(11-9-17)14-19(20)13-16-6-4-3-5-7-16/h3-11,15,19H,12-14,20H2,1-2H3. The molecular formula is C19H25N. The van der Waals surface area contributed by atoms with Crippen molar-refractivity contribution < 1.29 is 0 Å². The highest BCUT2D eigenvalue weighted by Gasteiger charge is 2.06. The lowest BCUT2D eigenvalue weighted by Crippen LogP contribution is -2.25. The fourth-order valence-electron chi connectivity index (χ4n) is 2.57. The zero-order chi connectivity index (χ0) is 14.4. The molecule has 2 aromatic carbocycles. The van der Waals surface area contributed by atoms with Crippen LogP contribution in [0.4, 0.5) is 0 Å². The van der Waals surface area contributed by atoms with Crippen molar-refractivity contribution in [3.05, 3.63) is 71.3 Å². The van der Waals surface area contributed by atoms with Gasteiger partial charge in [0, 0.05) is 6.04 Å². The van der Waals surface area contributed by atoms with Gasteiger partial charge in [-0.05, 0) is 41.9 Å². The smallest absolute Gasteiger partial charge is 0.0120 e. The molecule has 2 rings (SSSR count). The Morgan fingerprint density at radius 1 is 0.700 bits per heavy atom. The van der Waals surface area contributed by atoms with Crippen molar-refractivity contribution in [2.45, 2.75) is 39.2 Å². The zero-order valence-electron chi connectivity index (χ0n) is 12.5. The van der Waals surface area contributed by atoms with Crippen LogP contribution in [0.15, 0.2) is 54.6 Å². The molecule has 0 heterocycles. The largest absolute Gasteiger partial charge is 0.327 e. The minimum Gasteiger partial charge on any atom is -0.327 e. The highest BCUT2D eigenvalue weighted by atomic mass is 14.6. The second-order valence-electron chi connectivity index (χ2n) is 6.07. The van der Waals surface area contributed by atoms with E-state index in [1.165, 1.54) is 16.7 Å². The summed E-state index contributed by atoms with van der Waals surface area (Å²) in [4.78, 5) is 0. The van der Waals surface area contributed by atoms with Gasteiger partial charge in [-0.15, -0.1) is 0 Å². The van der Waals surface area contributed by atoms with E-state index in [4.69, 9.17) is 5.73 Å². The van der Waals surface area contributed by atoms with E-state index in [0.29, 0.717) is 5.92 Å².